The fourth-order valence-electron chi connectivity index (χ4n) is 2.46. The van der Waals surface area contributed by atoms with Gasteiger partial charge in [0, 0.05) is 13.1 Å². The predicted molar refractivity (Wildman–Crippen MR) is 77.4 cm³/mol. The molecule has 0 bridgehead atoms. The number of aromatic nitrogens is 3. The first-order valence-corrected chi connectivity index (χ1v) is 7.00. The van der Waals surface area contributed by atoms with E-state index in [2.05, 4.69) is 34.5 Å². The van der Waals surface area contributed by atoms with Crippen molar-refractivity contribution in [1.82, 2.24) is 13.9 Å². The molecule has 5 heteroatoms. The van der Waals surface area contributed by atoms with Crippen LogP contribution in [0.25, 0.3) is 5.69 Å². The van der Waals surface area contributed by atoms with Gasteiger partial charge in [0.1, 0.15) is 0 Å². The van der Waals surface area contributed by atoms with E-state index in [9.17, 15) is 0 Å². The summed E-state index contributed by atoms with van der Waals surface area (Å²) in [6, 6.07) is 8.31. The molecule has 0 aliphatic carbocycles. The van der Waals surface area contributed by atoms with E-state index in [4.69, 9.17) is 24.4 Å². The van der Waals surface area contributed by atoms with Gasteiger partial charge >= 0.3 is 0 Å². The second-order valence-corrected chi connectivity index (χ2v) is 5.42. The zero-order valence-corrected chi connectivity index (χ0v) is 11.9. The molecule has 3 rings (SSSR count). The zero-order valence-electron chi connectivity index (χ0n) is 10.3. The molecule has 1 aromatic heterocycles. The van der Waals surface area contributed by atoms with Crippen LogP contribution < -0.4 is 0 Å². The lowest BCUT2D eigenvalue weighted by Crippen LogP contribution is -2.18. The van der Waals surface area contributed by atoms with E-state index >= 15 is 0 Å². The van der Waals surface area contributed by atoms with Crippen molar-refractivity contribution in [2.24, 2.45) is 0 Å². The molecule has 3 nitrogen and oxygen atoms in total. The topological polar surface area (TPSA) is 14.8 Å². The summed E-state index contributed by atoms with van der Waals surface area (Å²) in [6.07, 6.45) is 2.36. The van der Waals surface area contributed by atoms with Gasteiger partial charge in [-0.05, 0) is 61.9 Å². The Morgan fingerprint density at radius 3 is 2.17 bits per heavy atom. The molecular formula is C13H15N3S2. The van der Waals surface area contributed by atoms with E-state index in [1.54, 1.807) is 0 Å². The highest BCUT2D eigenvalue weighted by Gasteiger charge is 2.14. The minimum Gasteiger partial charge on any atom is -0.261 e. The van der Waals surface area contributed by atoms with Gasteiger partial charge in [-0.3, -0.25) is 13.9 Å². The summed E-state index contributed by atoms with van der Waals surface area (Å²) in [5.74, 6) is 0. The Morgan fingerprint density at radius 2 is 1.61 bits per heavy atom. The van der Waals surface area contributed by atoms with E-state index in [1.165, 1.54) is 18.4 Å². The number of fused-ring (bicyclic) bond motifs is 1. The van der Waals surface area contributed by atoms with Crippen LogP contribution in [0.1, 0.15) is 18.4 Å². The lowest BCUT2D eigenvalue weighted by atomic mass is 10.2. The van der Waals surface area contributed by atoms with E-state index in [0.717, 1.165) is 28.3 Å². The van der Waals surface area contributed by atoms with Crippen LogP contribution in [0.4, 0.5) is 0 Å². The van der Waals surface area contributed by atoms with Crippen LogP contribution in [0.15, 0.2) is 24.3 Å². The standard InChI is InChI=1S/C13H15N3S2/c1-10-5-4-6-11(9-10)16-12(17)14-7-2-3-8-15(14)13(16)18/h4-6,9H,2-3,7-8H2,1H3. The average Bonchev–Trinajstić information content (AvgIpc) is 2.63. The molecule has 1 aromatic carbocycles. The Morgan fingerprint density at radius 1 is 1.00 bits per heavy atom. The quantitative estimate of drug-likeness (QED) is 0.739. The molecule has 0 saturated heterocycles. The van der Waals surface area contributed by atoms with Crippen LogP contribution in [-0.4, -0.2) is 13.9 Å². The second-order valence-electron chi connectivity index (χ2n) is 4.69. The van der Waals surface area contributed by atoms with Gasteiger partial charge in [0.05, 0.1) is 5.69 Å². The molecule has 1 aliphatic heterocycles. The van der Waals surface area contributed by atoms with Crippen molar-refractivity contribution in [2.45, 2.75) is 32.9 Å². The summed E-state index contributed by atoms with van der Waals surface area (Å²) >= 11 is 11.1. The number of benzene rings is 1. The van der Waals surface area contributed by atoms with Gasteiger partial charge in [-0.1, -0.05) is 12.1 Å². The van der Waals surface area contributed by atoms with Crippen molar-refractivity contribution in [3.63, 3.8) is 0 Å². The second kappa shape index (κ2) is 4.48. The zero-order chi connectivity index (χ0) is 12.7. The molecular weight excluding hydrogens is 262 g/mol. The molecule has 0 saturated carbocycles. The molecule has 0 spiro atoms. The summed E-state index contributed by atoms with van der Waals surface area (Å²) in [7, 11) is 0. The van der Waals surface area contributed by atoms with Gasteiger partial charge in [0.2, 0.25) is 9.54 Å². The Labute approximate surface area is 116 Å². The summed E-state index contributed by atoms with van der Waals surface area (Å²) < 4.78 is 7.88. The molecule has 0 fully saturated rings. The minimum absolute atomic E-state index is 0.810. The average molecular weight is 277 g/mol. The molecule has 18 heavy (non-hydrogen) atoms. The number of aryl methyl sites for hydroxylation is 1. The molecule has 0 N–H and O–H groups in total. The monoisotopic (exact) mass is 277 g/mol. The first-order valence-electron chi connectivity index (χ1n) is 6.18. The fraction of sp³-hybridized carbons (Fsp3) is 0.385. The highest BCUT2D eigenvalue weighted by atomic mass is 32.1. The molecule has 2 aromatic rings. The van der Waals surface area contributed by atoms with Crippen molar-refractivity contribution >= 4 is 24.4 Å². The largest absolute Gasteiger partial charge is 0.261 e. The van der Waals surface area contributed by atoms with Crippen LogP contribution in [0, 0.1) is 16.5 Å². The van der Waals surface area contributed by atoms with E-state index in [0.29, 0.717) is 0 Å². The highest BCUT2D eigenvalue weighted by Crippen LogP contribution is 2.17. The summed E-state index contributed by atoms with van der Waals surface area (Å²) in [5, 5.41) is 0. The molecule has 0 atom stereocenters. The molecule has 0 radical (unpaired) electrons. The van der Waals surface area contributed by atoms with Crippen LogP contribution in [-0.2, 0) is 13.1 Å². The van der Waals surface area contributed by atoms with Crippen molar-refractivity contribution in [3.8, 4) is 5.69 Å². The maximum Gasteiger partial charge on any atom is 0.201 e. The third-order valence-corrected chi connectivity index (χ3v) is 4.15. The third kappa shape index (κ3) is 1.78. The molecule has 2 heterocycles. The minimum atomic E-state index is 0.810. The summed E-state index contributed by atoms with van der Waals surface area (Å²) in [5.41, 5.74) is 2.29. The van der Waals surface area contributed by atoms with E-state index in [-0.39, 0.29) is 0 Å². The normalized spacial score (nSPS) is 14.5. The van der Waals surface area contributed by atoms with E-state index in [1.807, 2.05) is 10.6 Å². The van der Waals surface area contributed by atoms with Crippen molar-refractivity contribution in [3.05, 3.63) is 39.4 Å². The highest BCUT2D eigenvalue weighted by molar-refractivity contribution is 7.72. The Bertz CT molecular complexity index is 668. The maximum absolute atomic E-state index is 5.56. The van der Waals surface area contributed by atoms with Gasteiger partial charge in [-0.25, -0.2) is 0 Å². The first-order chi connectivity index (χ1) is 8.68. The molecule has 94 valence electrons. The van der Waals surface area contributed by atoms with Gasteiger partial charge in [-0.15, -0.1) is 0 Å². The predicted octanol–water partition coefficient (Wildman–Crippen LogP) is 3.64. The Hall–Kier alpha value is -1.20. The number of hydrogen-bond donors (Lipinski definition) is 0. The lowest BCUT2D eigenvalue weighted by molar-refractivity contribution is 0.357. The van der Waals surface area contributed by atoms with Crippen LogP contribution >= 0.6 is 24.4 Å². The number of hydrogen-bond acceptors (Lipinski definition) is 2. The Kier molecular flexibility index (Phi) is 2.95. The van der Waals surface area contributed by atoms with Gasteiger partial charge in [-0.2, -0.15) is 0 Å². The number of rotatable bonds is 1. The van der Waals surface area contributed by atoms with Gasteiger partial charge in [0.25, 0.3) is 0 Å². The van der Waals surface area contributed by atoms with Crippen molar-refractivity contribution < 1.29 is 0 Å². The van der Waals surface area contributed by atoms with Crippen molar-refractivity contribution in [1.29, 1.82) is 0 Å². The lowest BCUT2D eigenvalue weighted by Gasteiger charge is -2.15. The first kappa shape index (κ1) is 11.9. The third-order valence-electron chi connectivity index (χ3n) is 3.37. The van der Waals surface area contributed by atoms with E-state index < -0.39 is 0 Å². The fourth-order valence-corrected chi connectivity index (χ4v) is 3.28. The van der Waals surface area contributed by atoms with Crippen LogP contribution in [0.3, 0.4) is 0 Å². The Balaban J connectivity index is 2.28. The van der Waals surface area contributed by atoms with Crippen molar-refractivity contribution in [2.75, 3.05) is 0 Å². The van der Waals surface area contributed by atoms with Crippen LogP contribution in [0.2, 0.25) is 0 Å². The number of nitrogens with zero attached hydrogens (tertiary/aromatic N) is 3. The summed E-state index contributed by atoms with van der Waals surface area (Å²) in [6.45, 7) is 4.03. The molecule has 1 aliphatic rings. The van der Waals surface area contributed by atoms with Gasteiger partial charge < -0.3 is 0 Å². The van der Waals surface area contributed by atoms with Crippen LogP contribution in [0.5, 0.6) is 0 Å². The maximum atomic E-state index is 5.56. The smallest absolute Gasteiger partial charge is 0.201 e. The molecule has 0 unspecified atom stereocenters. The van der Waals surface area contributed by atoms with Gasteiger partial charge in [0.15, 0.2) is 0 Å². The molecule has 0 amide bonds. The SMILES string of the molecule is Cc1cccc(-n2c(=S)n3n(c2=S)CCCC3)c1. The summed E-state index contributed by atoms with van der Waals surface area (Å²) in [4.78, 5) is 0.